The number of nitrogens with zero attached hydrogens (tertiary/aromatic N) is 2. The second kappa shape index (κ2) is 10.2. The Bertz CT molecular complexity index is 1200. The van der Waals surface area contributed by atoms with Crippen LogP contribution in [0, 0.1) is 6.92 Å². The lowest BCUT2D eigenvalue weighted by molar-refractivity contribution is -0.137. The van der Waals surface area contributed by atoms with E-state index in [4.69, 9.17) is 5.73 Å². The van der Waals surface area contributed by atoms with Crippen LogP contribution in [-0.4, -0.2) is 17.3 Å². The number of rotatable bonds is 6. The van der Waals surface area contributed by atoms with Gasteiger partial charge >= 0.3 is 6.18 Å². The molecule has 0 saturated heterocycles. The van der Waals surface area contributed by atoms with E-state index in [1.807, 2.05) is 30.3 Å². The normalized spacial score (nSPS) is 15.1. The van der Waals surface area contributed by atoms with Crippen LogP contribution < -0.4 is 5.73 Å². The van der Waals surface area contributed by atoms with Crippen LogP contribution in [0.2, 0.25) is 0 Å². The lowest BCUT2D eigenvalue weighted by atomic mass is 9.98. The summed E-state index contributed by atoms with van der Waals surface area (Å²) in [5.74, 6) is -0.105. The molecule has 4 rings (SSSR count). The molecule has 0 saturated carbocycles. The van der Waals surface area contributed by atoms with Gasteiger partial charge in [0.15, 0.2) is 0 Å². The molecular formula is C28H28F3N3. The molecule has 1 aliphatic rings. The fourth-order valence-electron chi connectivity index (χ4n) is 4.36. The van der Waals surface area contributed by atoms with E-state index in [2.05, 4.69) is 41.1 Å². The number of benzene rings is 3. The molecule has 0 spiro atoms. The third-order valence-corrected chi connectivity index (χ3v) is 6.16. The highest BCUT2D eigenvalue weighted by atomic mass is 19.4. The Morgan fingerprint density at radius 1 is 0.941 bits per heavy atom. The van der Waals surface area contributed by atoms with Gasteiger partial charge in [-0.3, -0.25) is 0 Å². The summed E-state index contributed by atoms with van der Waals surface area (Å²) in [7, 11) is 0. The van der Waals surface area contributed by atoms with E-state index < -0.39 is 11.7 Å². The van der Waals surface area contributed by atoms with Gasteiger partial charge in [0.2, 0.25) is 0 Å². The Morgan fingerprint density at radius 2 is 1.62 bits per heavy atom. The van der Waals surface area contributed by atoms with Gasteiger partial charge < -0.3 is 10.6 Å². The van der Waals surface area contributed by atoms with Gasteiger partial charge in [0.25, 0.3) is 0 Å². The summed E-state index contributed by atoms with van der Waals surface area (Å²) >= 11 is 0. The zero-order chi connectivity index (χ0) is 24.1. The van der Waals surface area contributed by atoms with Gasteiger partial charge in [0, 0.05) is 30.8 Å². The molecule has 3 aromatic carbocycles. The van der Waals surface area contributed by atoms with E-state index in [1.54, 1.807) is 6.07 Å². The summed E-state index contributed by atoms with van der Waals surface area (Å²) in [6.07, 6.45) is -2.33. The average molecular weight is 464 g/mol. The number of halogens is 3. The van der Waals surface area contributed by atoms with Gasteiger partial charge in [-0.15, -0.1) is 0 Å². The highest BCUT2D eigenvalue weighted by molar-refractivity contribution is 5.99. The van der Waals surface area contributed by atoms with Gasteiger partial charge in [0.1, 0.15) is 5.84 Å². The summed E-state index contributed by atoms with van der Waals surface area (Å²) in [6, 6.07) is 23.7. The maximum Gasteiger partial charge on any atom is 0.417 e. The third-order valence-electron chi connectivity index (χ3n) is 6.16. The molecule has 3 nitrogen and oxygen atoms in total. The quantitative estimate of drug-likeness (QED) is 0.336. The van der Waals surface area contributed by atoms with Gasteiger partial charge in [-0.25, -0.2) is 4.99 Å². The molecule has 176 valence electrons. The largest absolute Gasteiger partial charge is 0.417 e. The molecule has 0 aromatic heterocycles. The number of amidine groups is 1. The standard InChI is InChI=1S/C28H28F3N3/c1-20-10-5-6-13-22(20)18-26-25(16-9-17-34(26)19-21-11-3-2-4-12-21)33-27(32)23-14-7-8-15-24(23)28(29,30)31/h2-8,10-15H,9,16-19H2,1H3,(H2,32,33). The zero-order valence-corrected chi connectivity index (χ0v) is 19.1. The van der Waals surface area contributed by atoms with Crippen molar-refractivity contribution >= 4 is 5.84 Å². The van der Waals surface area contributed by atoms with Crippen LogP contribution in [0.5, 0.6) is 0 Å². The summed E-state index contributed by atoms with van der Waals surface area (Å²) < 4.78 is 40.7. The number of hydrogen-bond acceptors (Lipinski definition) is 2. The van der Waals surface area contributed by atoms with Crippen LogP contribution in [0.25, 0.3) is 0 Å². The molecule has 34 heavy (non-hydrogen) atoms. The fourth-order valence-corrected chi connectivity index (χ4v) is 4.36. The Hall–Kier alpha value is -3.54. The molecule has 3 aromatic rings. The molecule has 1 heterocycles. The first-order valence-electron chi connectivity index (χ1n) is 11.4. The van der Waals surface area contributed by atoms with Crippen LogP contribution in [0.3, 0.4) is 0 Å². The highest BCUT2D eigenvalue weighted by Gasteiger charge is 2.34. The molecule has 6 heteroatoms. The molecule has 0 aliphatic carbocycles. The number of nitrogens with two attached hydrogens (primary N) is 1. The molecule has 0 bridgehead atoms. The van der Waals surface area contributed by atoms with Crippen molar-refractivity contribution in [2.24, 2.45) is 10.7 Å². The van der Waals surface area contributed by atoms with Gasteiger partial charge in [0.05, 0.1) is 11.3 Å². The van der Waals surface area contributed by atoms with E-state index >= 15 is 0 Å². The SMILES string of the molecule is Cc1ccccc1CC1=C(N=C(N)c2ccccc2C(F)(F)F)CCCN1Cc1ccccc1. The zero-order valence-electron chi connectivity index (χ0n) is 19.1. The fraction of sp³-hybridized carbons (Fsp3) is 0.250. The third kappa shape index (κ3) is 5.50. The van der Waals surface area contributed by atoms with Crippen molar-refractivity contribution in [1.29, 1.82) is 0 Å². The lowest BCUT2D eigenvalue weighted by Crippen LogP contribution is -2.30. The highest BCUT2D eigenvalue weighted by Crippen LogP contribution is 2.33. The van der Waals surface area contributed by atoms with E-state index in [1.165, 1.54) is 28.8 Å². The van der Waals surface area contributed by atoms with Gasteiger partial charge in [-0.2, -0.15) is 13.2 Å². The van der Waals surface area contributed by atoms with Crippen LogP contribution in [0.1, 0.15) is 40.7 Å². The predicted molar refractivity (Wildman–Crippen MR) is 130 cm³/mol. The summed E-state index contributed by atoms with van der Waals surface area (Å²) in [6.45, 7) is 3.63. The summed E-state index contributed by atoms with van der Waals surface area (Å²) in [4.78, 5) is 6.90. The van der Waals surface area contributed by atoms with Crippen molar-refractivity contribution in [1.82, 2.24) is 4.90 Å². The van der Waals surface area contributed by atoms with Crippen molar-refractivity contribution in [3.05, 3.63) is 118 Å². The van der Waals surface area contributed by atoms with E-state index in [0.29, 0.717) is 19.4 Å². The van der Waals surface area contributed by atoms with Crippen LogP contribution in [0.15, 0.2) is 95.2 Å². The molecule has 1 aliphatic heterocycles. The van der Waals surface area contributed by atoms with Crippen LogP contribution in [0.4, 0.5) is 13.2 Å². The molecule has 0 unspecified atom stereocenters. The Balaban J connectivity index is 1.78. The maximum absolute atomic E-state index is 13.6. The monoisotopic (exact) mass is 463 g/mol. The van der Waals surface area contributed by atoms with Crippen molar-refractivity contribution in [2.75, 3.05) is 6.54 Å². The van der Waals surface area contributed by atoms with Gasteiger partial charge in [-0.05, 0) is 42.5 Å². The maximum atomic E-state index is 13.6. The van der Waals surface area contributed by atoms with Gasteiger partial charge in [-0.1, -0.05) is 72.8 Å². The summed E-state index contributed by atoms with van der Waals surface area (Å²) in [5.41, 5.74) is 10.6. The minimum Gasteiger partial charge on any atom is -0.383 e. The molecule has 0 fully saturated rings. The molecule has 0 amide bonds. The first kappa shape index (κ1) is 23.6. The topological polar surface area (TPSA) is 41.6 Å². The number of hydrogen-bond donors (Lipinski definition) is 1. The first-order valence-corrected chi connectivity index (χ1v) is 11.4. The average Bonchev–Trinajstić information content (AvgIpc) is 2.82. The number of aryl methyl sites for hydroxylation is 1. The van der Waals surface area contributed by atoms with Crippen molar-refractivity contribution < 1.29 is 13.2 Å². The number of aliphatic imine (C=N–C) groups is 1. The number of allylic oxidation sites excluding steroid dienone is 2. The Labute approximate surface area is 198 Å². The Morgan fingerprint density at radius 3 is 2.35 bits per heavy atom. The molecular weight excluding hydrogens is 435 g/mol. The van der Waals surface area contributed by atoms with Crippen LogP contribution >= 0.6 is 0 Å². The van der Waals surface area contributed by atoms with Crippen LogP contribution in [-0.2, 0) is 19.1 Å². The van der Waals surface area contributed by atoms with E-state index in [-0.39, 0.29) is 11.4 Å². The van der Waals surface area contributed by atoms with E-state index in [0.717, 1.165) is 30.4 Å². The van der Waals surface area contributed by atoms with E-state index in [9.17, 15) is 13.2 Å². The second-order valence-corrected chi connectivity index (χ2v) is 8.55. The summed E-state index contributed by atoms with van der Waals surface area (Å²) in [5, 5.41) is 0. The smallest absolute Gasteiger partial charge is 0.383 e. The second-order valence-electron chi connectivity index (χ2n) is 8.55. The molecule has 0 radical (unpaired) electrons. The predicted octanol–water partition coefficient (Wildman–Crippen LogP) is 6.47. The minimum absolute atomic E-state index is 0.0853. The van der Waals surface area contributed by atoms with Crippen molar-refractivity contribution in [3.63, 3.8) is 0 Å². The minimum atomic E-state index is -4.50. The lowest BCUT2D eigenvalue weighted by Gasteiger charge is -2.33. The Kier molecular flexibility index (Phi) is 7.06. The van der Waals surface area contributed by atoms with Crippen molar-refractivity contribution in [2.45, 2.75) is 38.9 Å². The van der Waals surface area contributed by atoms with Crippen molar-refractivity contribution in [3.8, 4) is 0 Å². The molecule has 0 atom stereocenters. The molecule has 2 N–H and O–H groups in total. The number of alkyl halides is 3. The first-order chi connectivity index (χ1) is 16.3.